The molecule has 0 fully saturated rings. The maximum absolute atomic E-state index is 5.87. The summed E-state index contributed by atoms with van der Waals surface area (Å²) in [6.45, 7) is 0.561. The van der Waals surface area contributed by atoms with E-state index in [1.54, 1.807) is 0 Å². The van der Waals surface area contributed by atoms with Crippen LogP contribution in [0.25, 0.3) is 0 Å². The largest absolute Gasteiger partial charge is 0.490 e. The Hall–Kier alpha value is -1.68. The normalized spacial score (nSPS) is 16.4. The van der Waals surface area contributed by atoms with Gasteiger partial charge in [-0.05, 0) is 48.0 Å². The van der Waals surface area contributed by atoms with E-state index in [4.69, 9.17) is 9.47 Å². The molecule has 0 aliphatic carbocycles. The van der Waals surface area contributed by atoms with E-state index in [9.17, 15) is 0 Å². The molecule has 0 amide bonds. The van der Waals surface area contributed by atoms with Gasteiger partial charge in [-0.15, -0.1) is 0 Å². The van der Waals surface area contributed by atoms with Crippen molar-refractivity contribution in [3.8, 4) is 11.5 Å². The molecule has 2 aromatic rings. The summed E-state index contributed by atoms with van der Waals surface area (Å²) in [6, 6.07) is 14.0. The standard InChI is InChI=1S/C16H16BrNO2/c1-18-13-3-5-14(6-4-13)19-10-15-9-11-8-12(17)2-7-16(11)20-15/h2-8,15,18H,9-10H2,1H3. The number of fused-ring (bicyclic) bond motifs is 1. The summed E-state index contributed by atoms with van der Waals surface area (Å²) in [5.74, 6) is 1.83. The molecule has 4 heteroatoms. The zero-order valence-electron chi connectivity index (χ0n) is 11.2. The molecule has 3 nitrogen and oxygen atoms in total. The lowest BCUT2D eigenvalue weighted by atomic mass is 10.1. The first-order valence-electron chi connectivity index (χ1n) is 6.60. The van der Waals surface area contributed by atoms with Crippen LogP contribution in [0.4, 0.5) is 5.69 Å². The number of anilines is 1. The van der Waals surface area contributed by atoms with Gasteiger partial charge in [-0.3, -0.25) is 0 Å². The lowest BCUT2D eigenvalue weighted by Crippen LogP contribution is -2.22. The van der Waals surface area contributed by atoms with Crippen LogP contribution in [0.3, 0.4) is 0 Å². The minimum absolute atomic E-state index is 0.0864. The Labute approximate surface area is 127 Å². The van der Waals surface area contributed by atoms with Gasteiger partial charge in [-0.25, -0.2) is 0 Å². The number of nitrogens with one attached hydrogen (secondary N) is 1. The molecule has 1 aliphatic heterocycles. The first kappa shape index (κ1) is 13.3. The molecule has 104 valence electrons. The zero-order chi connectivity index (χ0) is 13.9. The smallest absolute Gasteiger partial charge is 0.137 e. The van der Waals surface area contributed by atoms with Crippen LogP contribution in [-0.2, 0) is 6.42 Å². The number of benzene rings is 2. The monoisotopic (exact) mass is 333 g/mol. The average Bonchev–Trinajstić information content (AvgIpc) is 2.87. The summed E-state index contributed by atoms with van der Waals surface area (Å²) >= 11 is 3.48. The molecule has 0 saturated heterocycles. The van der Waals surface area contributed by atoms with Crippen molar-refractivity contribution in [3.63, 3.8) is 0 Å². The van der Waals surface area contributed by atoms with E-state index in [0.717, 1.165) is 28.1 Å². The third kappa shape index (κ3) is 2.90. The molecule has 1 atom stereocenters. The second-order valence-electron chi connectivity index (χ2n) is 4.78. The van der Waals surface area contributed by atoms with Gasteiger partial charge >= 0.3 is 0 Å². The second kappa shape index (κ2) is 5.75. The lowest BCUT2D eigenvalue weighted by molar-refractivity contribution is 0.148. The van der Waals surface area contributed by atoms with E-state index in [1.165, 1.54) is 5.56 Å². The van der Waals surface area contributed by atoms with Crippen LogP contribution < -0.4 is 14.8 Å². The summed E-state index contributed by atoms with van der Waals surface area (Å²) < 4.78 is 12.7. The predicted octanol–water partition coefficient (Wildman–Crippen LogP) is 3.87. The van der Waals surface area contributed by atoms with Crippen LogP contribution in [-0.4, -0.2) is 19.8 Å². The van der Waals surface area contributed by atoms with Crippen LogP contribution in [0.1, 0.15) is 5.56 Å². The minimum Gasteiger partial charge on any atom is -0.490 e. The highest BCUT2D eigenvalue weighted by molar-refractivity contribution is 9.10. The van der Waals surface area contributed by atoms with Crippen molar-refractivity contribution in [3.05, 3.63) is 52.5 Å². The van der Waals surface area contributed by atoms with Gasteiger partial charge in [0.1, 0.15) is 24.2 Å². The molecule has 0 saturated carbocycles. The van der Waals surface area contributed by atoms with Gasteiger partial charge in [-0.2, -0.15) is 0 Å². The Kier molecular flexibility index (Phi) is 3.83. The molecule has 0 bridgehead atoms. The number of hydrogen-bond donors (Lipinski definition) is 1. The molecule has 1 aliphatic rings. The molecule has 2 aromatic carbocycles. The van der Waals surface area contributed by atoms with Gasteiger partial charge in [0.25, 0.3) is 0 Å². The Morgan fingerprint density at radius 2 is 2.05 bits per heavy atom. The fourth-order valence-electron chi connectivity index (χ4n) is 2.29. The molecule has 0 spiro atoms. The van der Waals surface area contributed by atoms with Gasteiger partial charge in [0, 0.05) is 23.6 Å². The molecule has 1 heterocycles. The van der Waals surface area contributed by atoms with Crippen LogP contribution >= 0.6 is 15.9 Å². The molecule has 20 heavy (non-hydrogen) atoms. The van der Waals surface area contributed by atoms with Crippen molar-refractivity contribution >= 4 is 21.6 Å². The van der Waals surface area contributed by atoms with E-state index in [0.29, 0.717) is 6.61 Å². The first-order chi connectivity index (χ1) is 9.74. The third-order valence-electron chi connectivity index (χ3n) is 3.34. The number of ether oxygens (including phenoxy) is 2. The van der Waals surface area contributed by atoms with E-state index in [-0.39, 0.29) is 6.10 Å². The van der Waals surface area contributed by atoms with Crippen LogP contribution in [0.5, 0.6) is 11.5 Å². The van der Waals surface area contributed by atoms with Crippen molar-refractivity contribution in [1.29, 1.82) is 0 Å². The van der Waals surface area contributed by atoms with Crippen molar-refractivity contribution in [2.24, 2.45) is 0 Å². The Bertz CT molecular complexity index is 598. The predicted molar refractivity (Wildman–Crippen MR) is 83.7 cm³/mol. The lowest BCUT2D eigenvalue weighted by Gasteiger charge is -2.12. The summed E-state index contributed by atoms with van der Waals surface area (Å²) in [4.78, 5) is 0. The highest BCUT2D eigenvalue weighted by Crippen LogP contribution is 2.31. The fourth-order valence-corrected chi connectivity index (χ4v) is 2.70. The molecule has 3 rings (SSSR count). The molecular formula is C16H16BrNO2. The topological polar surface area (TPSA) is 30.5 Å². The van der Waals surface area contributed by atoms with Crippen molar-refractivity contribution in [2.45, 2.75) is 12.5 Å². The molecule has 1 unspecified atom stereocenters. The van der Waals surface area contributed by atoms with Crippen molar-refractivity contribution < 1.29 is 9.47 Å². The maximum Gasteiger partial charge on any atom is 0.137 e. The summed E-state index contributed by atoms with van der Waals surface area (Å²) in [6.07, 6.45) is 0.979. The van der Waals surface area contributed by atoms with E-state index >= 15 is 0 Å². The Morgan fingerprint density at radius 1 is 1.25 bits per heavy atom. The third-order valence-corrected chi connectivity index (χ3v) is 3.84. The van der Waals surface area contributed by atoms with Crippen LogP contribution in [0.15, 0.2) is 46.9 Å². The van der Waals surface area contributed by atoms with Crippen molar-refractivity contribution in [1.82, 2.24) is 0 Å². The number of halogens is 1. The zero-order valence-corrected chi connectivity index (χ0v) is 12.8. The summed E-state index contributed by atoms with van der Waals surface area (Å²) in [5.41, 5.74) is 2.31. The fraction of sp³-hybridized carbons (Fsp3) is 0.250. The maximum atomic E-state index is 5.87. The Morgan fingerprint density at radius 3 is 2.80 bits per heavy atom. The van der Waals surface area contributed by atoms with Gasteiger partial charge in [0.05, 0.1) is 0 Å². The highest BCUT2D eigenvalue weighted by atomic mass is 79.9. The van der Waals surface area contributed by atoms with Gasteiger partial charge in [-0.1, -0.05) is 15.9 Å². The average molecular weight is 334 g/mol. The highest BCUT2D eigenvalue weighted by Gasteiger charge is 2.23. The van der Waals surface area contributed by atoms with Gasteiger partial charge in [0.2, 0.25) is 0 Å². The van der Waals surface area contributed by atoms with Crippen LogP contribution in [0, 0.1) is 0 Å². The quantitative estimate of drug-likeness (QED) is 0.921. The SMILES string of the molecule is CNc1ccc(OCC2Cc3cc(Br)ccc3O2)cc1. The first-order valence-corrected chi connectivity index (χ1v) is 7.39. The Balaban J connectivity index is 1.58. The van der Waals surface area contributed by atoms with E-state index < -0.39 is 0 Å². The molecule has 0 aromatic heterocycles. The van der Waals surface area contributed by atoms with Crippen LogP contribution in [0.2, 0.25) is 0 Å². The van der Waals surface area contributed by atoms with E-state index in [1.807, 2.05) is 43.4 Å². The van der Waals surface area contributed by atoms with Gasteiger partial charge < -0.3 is 14.8 Å². The molecule has 0 radical (unpaired) electrons. The number of rotatable bonds is 4. The van der Waals surface area contributed by atoms with Crippen molar-refractivity contribution in [2.75, 3.05) is 19.0 Å². The van der Waals surface area contributed by atoms with Gasteiger partial charge in [0.15, 0.2) is 0 Å². The molecule has 1 N–H and O–H groups in total. The summed E-state index contributed by atoms with van der Waals surface area (Å²) in [7, 11) is 1.90. The number of hydrogen-bond acceptors (Lipinski definition) is 3. The molecular weight excluding hydrogens is 318 g/mol. The summed E-state index contributed by atoms with van der Waals surface area (Å²) in [5, 5.41) is 3.08. The van der Waals surface area contributed by atoms with E-state index in [2.05, 4.69) is 27.3 Å². The minimum atomic E-state index is 0.0864. The second-order valence-corrected chi connectivity index (χ2v) is 5.70.